The highest BCUT2D eigenvalue weighted by Gasteiger charge is 2.30. The maximum Gasteiger partial charge on any atom is 0.246 e. The largest absolute Gasteiger partial charge is 0.495 e. The number of aryl methyl sites for hydroxylation is 1. The van der Waals surface area contributed by atoms with Gasteiger partial charge in [0.15, 0.2) is 0 Å². The molecular formula is C24H28N4O5S. The van der Waals surface area contributed by atoms with Crippen LogP contribution in [0, 0.1) is 0 Å². The molecule has 1 fully saturated rings. The summed E-state index contributed by atoms with van der Waals surface area (Å²) in [5.41, 5.74) is 1.47. The summed E-state index contributed by atoms with van der Waals surface area (Å²) >= 11 is 0. The fourth-order valence-electron chi connectivity index (χ4n) is 3.95. The van der Waals surface area contributed by atoms with Crippen molar-refractivity contribution in [3.05, 3.63) is 77.9 Å². The van der Waals surface area contributed by atoms with Crippen LogP contribution in [0.2, 0.25) is 0 Å². The number of rotatable bonds is 8. The van der Waals surface area contributed by atoms with Gasteiger partial charge in [0, 0.05) is 32.5 Å². The first-order chi connectivity index (χ1) is 16.4. The Balaban J connectivity index is 1.58. The molecule has 2 aromatic carbocycles. The molecule has 2 heterocycles. The normalized spacial score (nSPS) is 15.6. The van der Waals surface area contributed by atoms with E-state index in [9.17, 15) is 13.2 Å². The third kappa shape index (κ3) is 5.14. The van der Waals surface area contributed by atoms with Crippen molar-refractivity contribution in [1.29, 1.82) is 0 Å². The SMILES string of the molecule is COc1ccc(CC(=O)NC(c2ccccc2)c2nccn2C)cc1S(=O)(=O)N1CCOCC1. The van der Waals surface area contributed by atoms with Crippen molar-refractivity contribution in [2.24, 2.45) is 7.05 Å². The second-order valence-electron chi connectivity index (χ2n) is 7.99. The van der Waals surface area contributed by atoms with Crippen LogP contribution in [0.15, 0.2) is 65.8 Å². The van der Waals surface area contributed by atoms with Crippen LogP contribution in [0.1, 0.15) is 23.0 Å². The second kappa shape index (κ2) is 10.4. The minimum Gasteiger partial charge on any atom is -0.495 e. The highest BCUT2D eigenvalue weighted by atomic mass is 32.2. The molecule has 34 heavy (non-hydrogen) atoms. The average molecular weight is 485 g/mol. The van der Waals surface area contributed by atoms with Crippen LogP contribution in [0.25, 0.3) is 0 Å². The summed E-state index contributed by atoms with van der Waals surface area (Å²) < 4.78 is 40.3. The molecule has 0 bridgehead atoms. The van der Waals surface area contributed by atoms with Gasteiger partial charge in [-0.1, -0.05) is 36.4 Å². The Bertz CT molecular complexity index is 1240. The minimum atomic E-state index is -3.79. The molecule has 1 aromatic heterocycles. The predicted octanol–water partition coefficient (Wildman–Crippen LogP) is 1.90. The standard InChI is InChI=1S/C24H28N4O5S/c1-27-11-10-25-24(27)23(19-6-4-3-5-7-19)26-22(29)17-18-8-9-20(32-2)21(16-18)34(30,31)28-12-14-33-15-13-28/h3-11,16,23H,12-15,17H2,1-2H3,(H,26,29). The molecule has 1 aliphatic heterocycles. The average Bonchev–Trinajstić information content (AvgIpc) is 3.29. The Morgan fingerprint density at radius 3 is 2.56 bits per heavy atom. The molecule has 1 unspecified atom stereocenters. The van der Waals surface area contributed by atoms with Crippen molar-refractivity contribution in [1.82, 2.24) is 19.2 Å². The fourth-order valence-corrected chi connectivity index (χ4v) is 5.57. The summed E-state index contributed by atoms with van der Waals surface area (Å²) in [5.74, 6) is 0.687. The van der Waals surface area contributed by atoms with E-state index in [0.717, 1.165) is 5.56 Å². The number of nitrogens with one attached hydrogen (secondary N) is 1. The number of sulfonamides is 1. The highest BCUT2D eigenvalue weighted by molar-refractivity contribution is 7.89. The molecule has 180 valence electrons. The van der Waals surface area contributed by atoms with E-state index in [1.807, 2.05) is 48.1 Å². The second-order valence-corrected chi connectivity index (χ2v) is 9.89. The van der Waals surface area contributed by atoms with Crippen LogP contribution >= 0.6 is 0 Å². The molecule has 9 nitrogen and oxygen atoms in total. The van der Waals surface area contributed by atoms with E-state index in [-0.39, 0.29) is 36.1 Å². The van der Waals surface area contributed by atoms with Crippen LogP contribution in [-0.2, 0) is 33.0 Å². The van der Waals surface area contributed by atoms with Gasteiger partial charge in [-0.05, 0) is 23.3 Å². The van der Waals surface area contributed by atoms with Crippen LogP contribution in [-0.4, -0.2) is 61.6 Å². The number of aromatic nitrogens is 2. The van der Waals surface area contributed by atoms with E-state index >= 15 is 0 Å². The van der Waals surface area contributed by atoms with E-state index in [1.54, 1.807) is 18.3 Å². The molecule has 1 N–H and O–H groups in total. The van der Waals surface area contributed by atoms with E-state index in [2.05, 4.69) is 10.3 Å². The molecule has 10 heteroatoms. The number of morpholine rings is 1. The Hall–Kier alpha value is -3.21. The quantitative estimate of drug-likeness (QED) is 0.524. The highest BCUT2D eigenvalue weighted by Crippen LogP contribution is 2.29. The number of carbonyl (C=O) groups is 1. The molecule has 1 atom stereocenters. The zero-order valence-electron chi connectivity index (χ0n) is 19.2. The zero-order valence-corrected chi connectivity index (χ0v) is 20.0. The number of imidazole rings is 1. The summed E-state index contributed by atoms with van der Waals surface area (Å²) in [6, 6.07) is 13.9. The Morgan fingerprint density at radius 1 is 1.18 bits per heavy atom. The van der Waals surface area contributed by atoms with Gasteiger partial charge < -0.3 is 19.4 Å². The lowest BCUT2D eigenvalue weighted by molar-refractivity contribution is -0.121. The molecule has 0 spiro atoms. The fraction of sp³-hybridized carbons (Fsp3) is 0.333. The van der Waals surface area contributed by atoms with Gasteiger partial charge in [-0.15, -0.1) is 0 Å². The topological polar surface area (TPSA) is 103 Å². The lowest BCUT2D eigenvalue weighted by Gasteiger charge is -2.27. The molecule has 0 aliphatic carbocycles. The van der Waals surface area contributed by atoms with Crippen molar-refractivity contribution in [3.8, 4) is 5.75 Å². The minimum absolute atomic E-state index is 0.00335. The molecule has 0 saturated carbocycles. The predicted molar refractivity (Wildman–Crippen MR) is 126 cm³/mol. The lowest BCUT2D eigenvalue weighted by atomic mass is 10.1. The first-order valence-electron chi connectivity index (χ1n) is 11.0. The van der Waals surface area contributed by atoms with Gasteiger partial charge in [-0.25, -0.2) is 13.4 Å². The third-order valence-electron chi connectivity index (χ3n) is 5.74. The van der Waals surface area contributed by atoms with Gasteiger partial charge in [0.05, 0.1) is 26.7 Å². The first-order valence-corrected chi connectivity index (χ1v) is 12.4. The summed E-state index contributed by atoms with van der Waals surface area (Å²) in [4.78, 5) is 17.5. The van der Waals surface area contributed by atoms with Crippen molar-refractivity contribution >= 4 is 15.9 Å². The number of nitrogens with zero attached hydrogens (tertiary/aromatic N) is 3. The van der Waals surface area contributed by atoms with E-state index in [4.69, 9.17) is 9.47 Å². The number of hydrogen-bond acceptors (Lipinski definition) is 6. The van der Waals surface area contributed by atoms with Crippen molar-refractivity contribution in [2.75, 3.05) is 33.4 Å². The van der Waals surface area contributed by atoms with E-state index < -0.39 is 16.1 Å². The molecule has 3 aromatic rings. The summed E-state index contributed by atoms with van der Waals surface area (Å²) in [5, 5.41) is 3.05. The Labute approximate surface area is 199 Å². The number of hydrogen-bond donors (Lipinski definition) is 1. The van der Waals surface area contributed by atoms with Gasteiger partial charge in [-0.3, -0.25) is 4.79 Å². The number of carbonyl (C=O) groups excluding carboxylic acids is 1. The van der Waals surface area contributed by atoms with Gasteiger partial charge >= 0.3 is 0 Å². The summed E-state index contributed by atoms with van der Waals surface area (Å²) in [6.07, 6.45) is 3.51. The summed E-state index contributed by atoms with van der Waals surface area (Å²) in [6.45, 7) is 1.24. The van der Waals surface area contributed by atoms with Crippen LogP contribution in [0.4, 0.5) is 0 Å². The van der Waals surface area contributed by atoms with Gasteiger partial charge in [0.1, 0.15) is 22.5 Å². The van der Waals surface area contributed by atoms with Crippen molar-refractivity contribution in [3.63, 3.8) is 0 Å². The van der Waals surface area contributed by atoms with Crippen LogP contribution in [0.3, 0.4) is 0 Å². The Morgan fingerprint density at radius 2 is 1.91 bits per heavy atom. The lowest BCUT2D eigenvalue weighted by Crippen LogP contribution is -2.40. The summed E-state index contributed by atoms with van der Waals surface area (Å²) in [7, 11) is -0.487. The zero-order chi connectivity index (χ0) is 24.1. The third-order valence-corrected chi connectivity index (χ3v) is 7.66. The molecular weight excluding hydrogens is 456 g/mol. The maximum atomic E-state index is 13.2. The number of benzene rings is 2. The number of ether oxygens (including phenoxy) is 2. The Kier molecular flexibility index (Phi) is 7.30. The molecule has 0 radical (unpaired) electrons. The molecule has 1 amide bonds. The van der Waals surface area contributed by atoms with Gasteiger partial charge in [-0.2, -0.15) is 4.31 Å². The van der Waals surface area contributed by atoms with Gasteiger partial charge in [0.2, 0.25) is 15.9 Å². The smallest absolute Gasteiger partial charge is 0.246 e. The van der Waals surface area contributed by atoms with E-state index in [0.29, 0.717) is 24.6 Å². The van der Waals surface area contributed by atoms with Crippen molar-refractivity contribution in [2.45, 2.75) is 17.4 Å². The maximum absolute atomic E-state index is 13.2. The molecule has 1 saturated heterocycles. The van der Waals surface area contributed by atoms with E-state index in [1.165, 1.54) is 17.5 Å². The van der Waals surface area contributed by atoms with Crippen LogP contribution < -0.4 is 10.1 Å². The van der Waals surface area contributed by atoms with Gasteiger partial charge in [0.25, 0.3) is 0 Å². The first kappa shape index (κ1) is 23.9. The van der Waals surface area contributed by atoms with Crippen molar-refractivity contribution < 1.29 is 22.7 Å². The number of methoxy groups -OCH3 is 1. The molecule has 4 rings (SSSR count). The van der Waals surface area contributed by atoms with Crippen LogP contribution in [0.5, 0.6) is 5.75 Å². The molecule has 1 aliphatic rings. The monoisotopic (exact) mass is 484 g/mol. The number of amides is 1.